The van der Waals surface area contributed by atoms with Crippen molar-refractivity contribution in [2.24, 2.45) is 10.7 Å². The molecule has 5 nitrogen and oxygen atoms in total. The SMILES string of the molecule is CN(CCN=C(N)N1CCOCC1)C1CCCCC1.I. The van der Waals surface area contributed by atoms with Gasteiger partial charge in [0.2, 0.25) is 0 Å². The van der Waals surface area contributed by atoms with E-state index in [1.165, 1.54) is 32.1 Å². The summed E-state index contributed by atoms with van der Waals surface area (Å²) in [5.74, 6) is 0.681. The summed E-state index contributed by atoms with van der Waals surface area (Å²) >= 11 is 0. The standard InChI is InChI=1S/C14H28N4O.HI/c1-17(13-5-3-2-4-6-13)8-7-16-14(15)18-9-11-19-12-10-18;/h13H,2-12H2,1H3,(H2,15,16);1H. The highest BCUT2D eigenvalue weighted by molar-refractivity contribution is 14.0. The number of hydrogen-bond donors (Lipinski definition) is 1. The van der Waals surface area contributed by atoms with E-state index in [1.54, 1.807) is 0 Å². The van der Waals surface area contributed by atoms with Crippen LogP contribution in [0.15, 0.2) is 4.99 Å². The Morgan fingerprint density at radius 3 is 2.55 bits per heavy atom. The van der Waals surface area contributed by atoms with Crippen LogP contribution >= 0.6 is 24.0 Å². The predicted molar refractivity (Wildman–Crippen MR) is 93.8 cm³/mol. The number of aliphatic imine (C=N–C) groups is 1. The zero-order valence-electron chi connectivity index (χ0n) is 12.6. The van der Waals surface area contributed by atoms with Crippen LogP contribution in [0.2, 0.25) is 0 Å². The first-order chi connectivity index (χ1) is 9.27. The van der Waals surface area contributed by atoms with Crippen molar-refractivity contribution in [3.63, 3.8) is 0 Å². The highest BCUT2D eigenvalue weighted by Crippen LogP contribution is 2.21. The molecule has 2 aliphatic rings. The van der Waals surface area contributed by atoms with Crippen molar-refractivity contribution < 1.29 is 4.74 Å². The van der Waals surface area contributed by atoms with Gasteiger partial charge in [-0.1, -0.05) is 19.3 Å². The highest BCUT2D eigenvalue weighted by Gasteiger charge is 2.17. The van der Waals surface area contributed by atoms with E-state index in [9.17, 15) is 0 Å². The van der Waals surface area contributed by atoms with Crippen LogP contribution < -0.4 is 5.73 Å². The third-order valence-electron chi connectivity index (χ3n) is 4.26. The minimum Gasteiger partial charge on any atom is -0.378 e. The van der Waals surface area contributed by atoms with Crippen LogP contribution in [0.25, 0.3) is 0 Å². The number of ether oxygens (including phenoxy) is 1. The Morgan fingerprint density at radius 1 is 1.25 bits per heavy atom. The molecule has 2 rings (SSSR count). The average Bonchev–Trinajstić information content (AvgIpc) is 2.49. The average molecular weight is 396 g/mol. The van der Waals surface area contributed by atoms with Crippen LogP contribution in [0.1, 0.15) is 32.1 Å². The topological polar surface area (TPSA) is 54.1 Å². The van der Waals surface area contributed by atoms with Gasteiger partial charge in [-0.2, -0.15) is 0 Å². The fourth-order valence-corrected chi connectivity index (χ4v) is 2.92. The fourth-order valence-electron chi connectivity index (χ4n) is 2.92. The lowest BCUT2D eigenvalue weighted by Crippen LogP contribution is -2.45. The molecule has 1 heterocycles. The summed E-state index contributed by atoms with van der Waals surface area (Å²) in [6, 6.07) is 0.758. The van der Waals surface area contributed by atoms with E-state index in [0.717, 1.165) is 45.4 Å². The smallest absolute Gasteiger partial charge is 0.191 e. The van der Waals surface area contributed by atoms with Crippen molar-refractivity contribution in [1.29, 1.82) is 0 Å². The summed E-state index contributed by atoms with van der Waals surface area (Å²) in [4.78, 5) is 9.07. The lowest BCUT2D eigenvalue weighted by atomic mass is 9.94. The summed E-state index contributed by atoms with van der Waals surface area (Å²) < 4.78 is 5.31. The van der Waals surface area contributed by atoms with Gasteiger partial charge >= 0.3 is 0 Å². The van der Waals surface area contributed by atoms with Crippen LogP contribution in [0.4, 0.5) is 0 Å². The van der Waals surface area contributed by atoms with Crippen molar-refractivity contribution in [2.45, 2.75) is 38.1 Å². The molecule has 6 heteroatoms. The lowest BCUT2D eigenvalue weighted by molar-refractivity contribution is 0.0674. The van der Waals surface area contributed by atoms with E-state index < -0.39 is 0 Å². The van der Waals surface area contributed by atoms with Gasteiger partial charge in [-0.3, -0.25) is 4.99 Å². The van der Waals surface area contributed by atoms with E-state index in [4.69, 9.17) is 10.5 Å². The van der Waals surface area contributed by atoms with E-state index in [0.29, 0.717) is 5.96 Å². The zero-order chi connectivity index (χ0) is 13.5. The van der Waals surface area contributed by atoms with Crippen LogP contribution in [0.3, 0.4) is 0 Å². The number of rotatable bonds is 4. The number of halogens is 1. The molecule has 0 amide bonds. The molecule has 20 heavy (non-hydrogen) atoms. The first kappa shape index (κ1) is 18.0. The molecule has 2 fully saturated rings. The van der Waals surface area contributed by atoms with Crippen LogP contribution in [-0.4, -0.2) is 68.2 Å². The molecule has 2 N–H and O–H groups in total. The van der Waals surface area contributed by atoms with Gasteiger partial charge in [-0.25, -0.2) is 0 Å². The zero-order valence-corrected chi connectivity index (χ0v) is 14.9. The van der Waals surface area contributed by atoms with Gasteiger partial charge in [0.15, 0.2) is 5.96 Å². The number of morpholine rings is 1. The molecule has 118 valence electrons. The number of nitrogens with zero attached hydrogens (tertiary/aromatic N) is 3. The molecule has 0 aromatic rings. The maximum atomic E-state index is 6.01. The maximum Gasteiger partial charge on any atom is 0.191 e. The Labute approximate surface area is 139 Å². The van der Waals surface area contributed by atoms with Gasteiger partial charge in [-0.15, -0.1) is 24.0 Å². The van der Waals surface area contributed by atoms with Gasteiger partial charge in [0.25, 0.3) is 0 Å². The summed E-state index contributed by atoms with van der Waals surface area (Å²) in [5.41, 5.74) is 6.01. The van der Waals surface area contributed by atoms with Gasteiger partial charge in [0.1, 0.15) is 0 Å². The Morgan fingerprint density at radius 2 is 1.90 bits per heavy atom. The number of hydrogen-bond acceptors (Lipinski definition) is 3. The minimum absolute atomic E-state index is 0. The Kier molecular flexibility index (Phi) is 8.79. The number of likely N-dealkylation sites (N-methyl/N-ethyl adjacent to an activating group) is 1. The molecule has 1 saturated heterocycles. The molecule has 0 bridgehead atoms. The Balaban J connectivity index is 0.00000200. The number of guanidine groups is 1. The lowest BCUT2D eigenvalue weighted by Gasteiger charge is -2.31. The molecular weight excluding hydrogens is 367 g/mol. The van der Waals surface area contributed by atoms with Gasteiger partial charge in [-0.05, 0) is 19.9 Å². The molecule has 0 unspecified atom stereocenters. The summed E-state index contributed by atoms with van der Waals surface area (Å²) in [5, 5.41) is 0. The normalized spacial score (nSPS) is 21.9. The van der Waals surface area contributed by atoms with E-state index in [-0.39, 0.29) is 24.0 Å². The quantitative estimate of drug-likeness (QED) is 0.445. The third kappa shape index (κ3) is 5.73. The van der Waals surface area contributed by atoms with Crippen LogP contribution in [0.5, 0.6) is 0 Å². The molecule has 0 radical (unpaired) electrons. The first-order valence-electron chi connectivity index (χ1n) is 7.60. The summed E-state index contributed by atoms with van der Waals surface area (Å²) in [7, 11) is 2.22. The fraction of sp³-hybridized carbons (Fsp3) is 0.929. The van der Waals surface area contributed by atoms with Crippen molar-refractivity contribution in [2.75, 3.05) is 46.4 Å². The second-order valence-corrected chi connectivity index (χ2v) is 5.61. The summed E-state index contributed by atoms with van der Waals surface area (Å²) in [6.07, 6.45) is 6.87. The molecule has 0 atom stereocenters. The van der Waals surface area contributed by atoms with Crippen molar-refractivity contribution in [1.82, 2.24) is 9.80 Å². The minimum atomic E-state index is 0. The van der Waals surface area contributed by atoms with Crippen molar-refractivity contribution in [3.8, 4) is 0 Å². The molecule has 1 aliphatic carbocycles. The van der Waals surface area contributed by atoms with Gasteiger partial charge in [0.05, 0.1) is 19.8 Å². The van der Waals surface area contributed by atoms with Crippen LogP contribution in [0, 0.1) is 0 Å². The van der Waals surface area contributed by atoms with Crippen LogP contribution in [-0.2, 0) is 4.74 Å². The summed E-state index contributed by atoms with van der Waals surface area (Å²) in [6.45, 7) is 5.07. The maximum absolute atomic E-state index is 6.01. The van der Waals surface area contributed by atoms with Crippen molar-refractivity contribution >= 4 is 29.9 Å². The third-order valence-corrected chi connectivity index (χ3v) is 4.26. The predicted octanol–water partition coefficient (Wildman–Crippen LogP) is 1.52. The molecule has 0 aromatic carbocycles. The van der Waals surface area contributed by atoms with Crippen molar-refractivity contribution in [3.05, 3.63) is 0 Å². The van der Waals surface area contributed by atoms with Gasteiger partial charge in [0, 0.05) is 25.7 Å². The molecule has 1 aliphatic heterocycles. The Bertz CT molecular complexity index is 289. The highest BCUT2D eigenvalue weighted by atomic mass is 127. The molecule has 0 aromatic heterocycles. The monoisotopic (exact) mass is 396 g/mol. The van der Waals surface area contributed by atoms with Gasteiger partial charge < -0.3 is 20.3 Å². The van der Waals surface area contributed by atoms with E-state index >= 15 is 0 Å². The number of nitrogens with two attached hydrogens (primary N) is 1. The second kappa shape index (κ2) is 9.78. The molecule has 0 spiro atoms. The Hall–Kier alpha value is -0.0800. The van der Waals surface area contributed by atoms with E-state index in [2.05, 4.69) is 21.8 Å². The second-order valence-electron chi connectivity index (χ2n) is 5.61. The van der Waals surface area contributed by atoms with E-state index in [1.807, 2.05) is 0 Å². The molecular formula is C14H29IN4O. The largest absolute Gasteiger partial charge is 0.378 e. The molecule has 1 saturated carbocycles. The first-order valence-corrected chi connectivity index (χ1v) is 7.60.